The molecule has 0 bridgehead atoms. The van der Waals surface area contributed by atoms with Gasteiger partial charge in [-0.25, -0.2) is 4.98 Å². The number of ether oxygens (including phenoxy) is 1. The molecule has 0 N–H and O–H groups in total. The van der Waals surface area contributed by atoms with Crippen LogP contribution in [0.2, 0.25) is 0 Å². The summed E-state index contributed by atoms with van der Waals surface area (Å²) in [6, 6.07) is 17.6. The summed E-state index contributed by atoms with van der Waals surface area (Å²) >= 11 is 1.54. The summed E-state index contributed by atoms with van der Waals surface area (Å²) in [5, 5.41) is 0.804. The Kier molecular flexibility index (Phi) is 6.00. The Hall–Kier alpha value is -2.99. The molecule has 3 aromatic rings. The van der Waals surface area contributed by atoms with Gasteiger partial charge in [-0.3, -0.25) is 9.59 Å². The van der Waals surface area contributed by atoms with E-state index in [-0.39, 0.29) is 24.4 Å². The lowest BCUT2D eigenvalue weighted by Gasteiger charge is -2.30. The number of hydrogen-bond donors (Lipinski definition) is 0. The minimum atomic E-state index is -0.198. The van der Waals surface area contributed by atoms with E-state index in [2.05, 4.69) is 4.98 Å². The maximum absolute atomic E-state index is 12.4. The summed E-state index contributed by atoms with van der Waals surface area (Å²) in [7, 11) is 0. The molecule has 2 heterocycles. The number of thiazole rings is 1. The highest BCUT2D eigenvalue weighted by atomic mass is 32.1. The van der Waals surface area contributed by atoms with Crippen LogP contribution in [0.25, 0.3) is 16.3 Å². The van der Waals surface area contributed by atoms with Crippen molar-refractivity contribution in [3.8, 4) is 0 Å². The summed E-state index contributed by atoms with van der Waals surface area (Å²) in [6.07, 6.45) is 4.68. The smallest absolute Gasteiger partial charge is 0.309 e. The number of benzene rings is 2. The highest BCUT2D eigenvalue weighted by Crippen LogP contribution is 2.24. The fourth-order valence-corrected chi connectivity index (χ4v) is 4.29. The van der Waals surface area contributed by atoms with Crippen LogP contribution in [-0.2, 0) is 20.9 Å². The van der Waals surface area contributed by atoms with Gasteiger partial charge in [0, 0.05) is 19.2 Å². The van der Waals surface area contributed by atoms with Crippen LogP contribution < -0.4 is 0 Å². The predicted octanol–water partition coefficient (Wildman–Crippen LogP) is 4.29. The third kappa shape index (κ3) is 4.90. The molecule has 0 unspecified atom stereocenters. The van der Waals surface area contributed by atoms with E-state index in [1.165, 1.54) is 0 Å². The van der Waals surface area contributed by atoms with Gasteiger partial charge in [-0.1, -0.05) is 42.5 Å². The number of piperidine rings is 1. The molecule has 0 spiro atoms. The molecule has 29 heavy (non-hydrogen) atoms. The van der Waals surface area contributed by atoms with Gasteiger partial charge in [-0.05, 0) is 36.6 Å². The van der Waals surface area contributed by atoms with Crippen LogP contribution in [0.4, 0.5) is 0 Å². The number of carbonyl (C=O) groups excluding carboxylic acids is 2. The lowest BCUT2D eigenvalue weighted by atomic mass is 9.97. The van der Waals surface area contributed by atoms with Gasteiger partial charge in [-0.15, -0.1) is 11.3 Å². The lowest BCUT2D eigenvalue weighted by molar-refractivity contribution is -0.152. The Bertz CT molecular complexity index is 988. The SMILES string of the molecule is O=C(OCc1nc2ccccc2s1)C1CCN(C(=O)/C=C/c2ccccc2)CC1. The topological polar surface area (TPSA) is 59.5 Å². The molecule has 0 aliphatic carbocycles. The van der Waals surface area contributed by atoms with Crippen LogP contribution in [-0.4, -0.2) is 34.8 Å². The van der Waals surface area contributed by atoms with Crippen molar-refractivity contribution in [1.29, 1.82) is 0 Å². The van der Waals surface area contributed by atoms with Crippen molar-refractivity contribution in [2.75, 3.05) is 13.1 Å². The zero-order valence-electron chi connectivity index (χ0n) is 16.0. The molecular weight excluding hydrogens is 384 g/mol. The zero-order valence-corrected chi connectivity index (χ0v) is 16.8. The lowest BCUT2D eigenvalue weighted by Crippen LogP contribution is -2.39. The zero-order chi connectivity index (χ0) is 20.1. The summed E-state index contributed by atoms with van der Waals surface area (Å²) in [5.74, 6) is -0.377. The van der Waals surface area contributed by atoms with E-state index in [9.17, 15) is 9.59 Å². The van der Waals surface area contributed by atoms with E-state index in [0.717, 1.165) is 20.8 Å². The van der Waals surface area contributed by atoms with Crippen molar-refractivity contribution in [1.82, 2.24) is 9.88 Å². The van der Waals surface area contributed by atoms with E-state index >= 15 is 0 Å². The largest absolute Gasteiger partial charge is 0.458 e. The van der Waals surface area contributed by atoms with Crippen molar-refractivity contribution in [2.45, 2.75) is 19.4 Å². The molecule has 0 radical (unpaired) electrons. The Balaban J connectivity index is 1.25. The Labute approximate surface area is 173 Å². The summed E-state index contributed by atoms with van der Waals surface area (Å²) in [5.41, 5.74) is 1.92. The number of carbonyl (C=O) groups is 2. The van der Waals surface area contributed by atoms with Gasteiger partial charge >= 0.3 is 5.97 Å². The molecule has 0 atom stereocenters. The normalized spacial score (nSPS) is 15.1. The Morgan fingerprint density at radius 3 is 2.55 bits per heavy atom. The van der Waals surface area contributed by atoms with Crippen LogP contribution in [0.15, 0.2) is 60.7 Å². The van der Waals surface area contributed by atoms with E-state index in [1.807, 2.05) is 60.7 Å². The summed E-state index contributed by atoms with van der Waals surface area (Å²) in [6.45, 7) is 1.34. The van der Waals surface area contributed by atoms with E-state index in [1.54, 1.807) is 22.3 Å². The molecule has 1 saturated heterocycles. The predicted molar refractivity (Wildman–Crippen MR) is 114 cm³/mol. The minimum absolute atomic E-state index is 0.0184. The van der Waals surface area contributed by atoms with Crippen LogP contribution in [0.3, 0.4) is 0 Å². The van der Waals surface area contributed by atoms with Gasteiger partial charge in [-0.2, -0.15) is 0 Å². The van der Waals surface area contributed by atoms with Crippen molar-refractivity contribution in [3.63, 3.8) is 0 Å². The fraction of sp³-hybridized carbons (Fsp3) is 0.261. The van der Waals surface area contributed by atoms with E-state index < -0.39 is 0 Å². The first-order chi connectivity index (χ1) is 14.2. The first-order valence-electron chi connectivity index (χ1n) is 9.72. The van der Waals surface area contributed by atoms with Gasteiger partial charge in [0.05, 0.1) is 16.1 Å². The summed E-state index contributed by atoms with van der Waals surface area (Å²) in [4.78, 5) is 31.1. The van der Waals surface area contributed by atoms with Gasteiger partial charge in [0.25, 0.3) is 0 Å². The average Bonchev–Trinajstić information content (AvgIpc) is 3.20. The fourth-order valence-electron chi connectivity index (χ4n) is 3.41. The number of para-hydroxylation sites is 1. The third-order valence-corrected chi connectivity index (χ3v) is 6.04. The van der Waals surface area contributed by atoms with Crippen molar-refractivity contribution in [3.05, 3.63) is 71.2 Å². The molecule has 0 saturated carbocycles. The number of amides is 1. The summed E-state index contributed by atoms with van der Waals surface area (Å²) < 4.78 is 6.58. The molecule has 148 valence electrons. The quantitative estimate of drug-likeness (QED) is 0.468. The number of likely N-dealkylation sites (tertiary alicyclic amines) is 1. The monoisotopic (exact) mass is 406 g/mol. The van der Waals surface area contributed by atoms with E-state index in [0.29, 0.717) is 25.9 Å². The maximum Gasteiger partial charge on any atom is 0.309 e. The second-order valence-corrected chi connectivity index (χ2v) is 8.14. The molecule has 1 amide bonds. The molecule has 5 nitrogen and oxygen atoms in total. The average molecular weight is 407 g/mol. The first kappa shape index (κ1) is 19.3. The third-order valence-electron chi connectivity index (χ3n) is 5.03. The number of esters is 1. The van der Waals surface area contributed by atoms with Crippen LogP contribution in [0.1, 0.15) is 23.4 Å². The molecule has 1 aliphatic rings. The Morgan fingerprint density at radius 1 is 1.07 bits per heavy atom. The highest BCUT2D eigenvalue weighted by Gasteiger charge is 2.27. The standard InChI is InChI=1S/C23H22N2O3S/c26-22(11-10-17-6-2-1-3-7-17)25-14-12-18(13-15-25)23(27)28-16-21-24-19-8-4-5-9-20(19)29-21/h1-11,18H,12-16H2/b11-10+. The van der Waals surface area contributed by atoms with Gasteiger partial charge in [0.1, 0.15) is 11.6 Å². The molecule has 1 fully saturated rings. The second-order valence-electron chi connectivity index (χ2n) is 7.03. The van der Waals surface area contributed by atoms with Crippen molar-refractivity contribution >= 4 is 39.5 Å². The molecule has 1 aromatic heterocycles. The maximum atomic E-state index is 12.4. The number of fused-ring (bicyclic) bond motifs is 1. The van der Waals surface area contributed by atoms with Crippen LogP contribution in [0.5, 0.6) is 0 Å². The Morgan fingerprint density at radius 2 is 1.79 bits per heavy atom. The van der Waals surface area contributed by atoms with E-state index in [4.69, 9.17) is 4.74 Å². The van der Waals surface area contributed by atoms with Gasteiger partial charge < -0.3 is 9.64 Å². The van der Waals surface area contributed by atoms with Crippen molar-refractivity contribution in [2.24, 2.45) is 5.92 Å². The molecule has 1 aliphatic heterocycles. The molecule has 4 rings (SSSR count). The second kappa shape index (κ2) is 9.01. The molecule has 2 aromatic carbocycles. The van der Waals surface area contributed by atoms with Crippen LogP contribution in [0, 0.1) is 5.92 Å². The highest BCUT2D eigenvalue weighted by molar-refractivity contribution is 7.18. The number of aromatic nitrogens is 1. The van der Waals surface area contributed by atoms with Crippen molar-refractivity contribution < 1.29 is 14.3 Å². The van der Waals surface area contributed by atoms with Gasteiger partial charge in [0.2, 0.25) is 5.91 Å². The van der Waals surface area contributed by atoms with Gasteiger partial charge in [0.15, 0.2) is 0 Å². The first-order valence-corrected chi connectivity index (χ1v) is 10.5. The molecule has 6 heteroatoms. The number of rotatable bonds is 5. The minimum Gasteiger partial charge on any atom is -0.458 e. The van der Waals surface area contributed by atoms with Crippen LogP contribution >= 0.6 is 11.3 Å². The molecular formula is C23H22N2O3S. The number of hydrogen-bond acceptors (Lipinski definition) is 5. The number of nitrogens with zero attached hydrogens (tertiary/aromatic N) is 2.